The van der Waals surface area contributed by atoms with Crippen molar-refractivity contribution in [2.24, 2.45) is 11.8 Å². The summed E-state index contributed by atoms with van der Waals surface area (Å²) in [7, 11) is -2.61. The van der Waals surface area contributed by atoms with Crippen LogP contribution in [-0.2, 0) is 47.5 Å². The van der Waals surface area contributed by atoms with Gasteiger partial charge in [-0.15, -0.1) is 0 Å². The first-order chi connectivity index (χ1) is 30.5. The van der Waals surface area contributed by atoms with Gasteiger partial charge in [0.15, 0.2) is 8.32 Å². The second kappa shape index (κ2) is 23.9. The molecular weight excluding hydrogens is 846 g/mol. The lowest BCUT2D eigenvalue weighted by atomic mass is 9.88. The molecule has 0 aromatic heterocycles. The topological polar surface area (TPSA) is 164 Å². The monoisotopic (exact) mass is 918 g/mol. The van der Waals surface area contributed by atoms with Crippen molar-refractivity contribution in [3.8, 4) is 0 Å². The summed E-state index contributed by atoms with van der Waals surface area (Å²) in [6, 6.07) is 21.3. The second-order valence-electron chi connectivity index (χ2n) is 19.6. The third-order valence-electron chi connectivity index (χ3n) is 12.2. The van der Waals surface area contributed by atoms with Crippen LogP contribution >= 0.6 is 0 Å². The molecule has 4 unspecified atom stereocenters. The van der Waals surface area contributed by atoms with Gasteiger partial charge >= 0.3 is 12.1 Å². The maximum atomic E-state index is 15.0. The molecule has 1 aliphatic rings. The minimum Gasteiger partial charge on any atom is -0.444 e. The summed E-state index contributed by atoms with van der Waals surface area (Å²) in [4.78, 5) is 71.6. The van der Waals surface area contributed by atoms with Crippen LogP contribution in [0.25, 0.3) is 0 Å². The number of benzene rings is 3. The molecule has 1 aliphatic heterocycles. The number of nitrogens with zero attached hydrogens (tertiary/aromatic N) is 1. The Morgan fingerprint density at radius 1 is 0.738 bits per heavy atom. The number of carbonyl (C=O) groups excluding carboxylic acids is 5. The van der Waals surface area contributed by atoms with Gasteiger partial charge in [-0.05, 0) is 92.9 Å². The first-order valence-corrected chi connectivity index (χ1v) is 25.7. The van der Waals surface area contributed by atoms with Crippen molar-refractivity contribution in [3.63, 3.8) is 0 Å². The van der Waals surface area contributed by atoms with E-state index in [1.165, 1.54) is 17.0 Å². The number of urea groups is 1. The SMILES string of the molecule is CC[C@H](C)[C@H](NC(=O)C(Cc1ccc(F)cc1)CC(O[Si](C)(C)C(C)(C)C)C(Cc1ccccc1)NC(=O)OC(C)(C)C)C(=O)NC(Cc1ccccc1)C(=O)NC(=O)N1CCOCC1. The van der Waals surface area contributed by atoms with Crippen molar-refractivity contribution in [3.05, 3.63) is 107 Å². The van der Waals surface area contributed by atoms with Crippen molar-refractivity contribution in [1.29, 1.82) is 0 Å². The molecule has 0 saturated carbocycles. The molecule has 65 heavy (non-hydrogen) atoms. The zero-order valence-corrected chi connectivity index (χ0v) is 41.0. The number of nitrogens with one attached hydrogen (secondary N) is 4. The summed E-state index contributed by atoms with van der Waals surface area (Å²) < 4.78 is 32.6. The maximum absolute atomic E-state index is 15.0. The molecular formula is C50H72FN5O8Si. The Labute approximate surface area is 386 Å². The number of halogens is 1. The molecule has 0 spiro atoms. The van der Waals surface area contributed by atoms with Crippen molar-refractivity contribution in [1.82, 2.24) is 26.2 Å². The number of carbonyl (C=O) groups is 5. The number of rotatable bonds is 19. The molecule has 1 saturated heterocycles. The number of amides is 6. The fourth-order valence-electron chi connectivity index (χ4n) is 7.25. The molecule has 1 fully saturated rings. The van der Waals surface area contributed by atoms with Crippen LogP contribution in [0.3, 0.4) is 0 Å². The standard InChI is InChI=1S/C50H72FN5O8Si/c1-11-34(2)43(46(59)52-41(32-36-20-16-13-17-21-36)45(58)55-47(60)56-26-28-62-29-27-56)54-44(57)38(30-37-22-24-39(51)25-23-37)33-42(64-65(9,10)50(6,7)8)40(31-35-18-14-12-15-19-35)53-48(61)63-49(3,4)5/h12-25,34,38,40-43H,11,26-33H2,1-10H3,(H,52,59)(H,53,61)(H,54,57)(H,55,58,60)/t34-,38?,40?,41?,42?,43-/m0/s1. The highest BCUT2D eigenvalue weighted by Crippen LogP contribution is 2.39. The van der Waals surface area contributed by atoms with Gasteiger partial charge in [-0.3, -0.25) is 19.7 Å². The molecule has 4 N–H and O–H groups in total. The summed E-state index contributed by atoms with van der Waals surface area (Å²) in [5.74, 6) is -3.39. The molecule has 6 amide bonds. The molecule has 0 bridgehead atoms. The highest BCUT2D eigenvalue weighted by Gasteiger charge is 2.43. The zero-order chi connectivity index (χ0) is 48.0. The molecule has 356 valence electrons. The second-order valence-corrected chi connectivity index (χ2v) is 24.4. The Morgan fingerprint density at radius 2 is 1.29 bits per heavy atom. The lowest BCUT2D eigenvalue weighted by Crippen LogP contribution is -2.59. The molecule has 3 aromatic rings. The summed E-state index contributed by atoms with van der Waals surface area (Å²) in [5, 5.41) is 11.3. The van der Waals surface area contributed by atoms with Crippen LogP contribution in [0.1, 0.15) is 84.9 Å². The van der Waals surface area contributed by atoms with Crippen molar-refractivity contribution in [2.45, 2.75) is 135 Å². The Bertz CT molecular complexity index is 2000. The van der Waals surface area contributed by atoms with Crippen LogP contribution in [0.2, 0.25) is 18.1 Å². The van der Waals surface area contributed by atoms with Gasteiger partial charge < -0.3 is 34.8 Å². The molecule has 13 nitrogen and oxygen atoms in total. The van der Waals surface area contributed by atoms with Crippen LogP contribution in [0.15, 0.2) is 84.9 Å². The predicted octanol–water partition coefficient (Wildman–Crippen LogP) is 7.73. The van der Waals surface area contributed by atoms with Gasteiger partial charge in [0.05, 0.1) is 25.4 Å². The Morgan fingerprint density at radius 3 is 1.83 bits per heavy atom. The number of hydrogen-bond acceptors (Lipinski definition) is 8. The average molecular weight is 918 g/mol. The minimum atomic E-state index is -2.61. The van der Waals surface area contributed by atoms with E-state index in [9.17, 15) is 23.6 Å². The van der Waals surface area contributed by atoms with Gasteiger partial charge in [0, 0.05) is 25.4 Å². The molecule has 0 radical (unpaired) electrons. The van der Waals surface area contributed by atoms with Gasteiger partial charge in [-0.1, -0.05) is 114 Å². The van der Waals surface area contributed by atoms with Gasteiger partial charge in [0.2, 0.25) is 11.8 Å². The number of morpholine rings is 1. The Hall–Kier alpha value is -5.12. The molecule has 1 heterocycles. The summed E-state index contributed by atoms with van der Waals surface area (Å²) >= 11 is 0. The van der Waals surface area contributed by atoms with E-state index in [1.54, 1.807) is 32.9 Å². The van der Waals surface area contributed by atoms with Crippen LogP contribution < -0.4 is 21.3 Å². The Balaban J connectivity index is 1.73. The first-order valence-electron chi connectivity index (χ1n) is 22.8. The molecule has 4 rings (SSSR count). The lowest BCUT2D eigenvalue weighted by Gasteiger charge is -2.42. The van der Waals surface area contributed by atoms with Gasteiger partial charge in [-0.25, -0.2) is 14.0 Å². The number of hydrogen-bond donors (Lipinski definition) is 4. The molecule has 3 aromatic carbocycles. The third-order valence-corrected chi connectivity index (χ3v) is 16.7. The van der Waals surface area contributed by atoms with E-state index < -0.39 is 79.7 Å². The maximum Gasteiger partial charge on any atom is 0.407 e. The summed E-state index contributed by atoms with van der Waals surface area (Å²) in [5.41, 5.74) is 1.60. The van der Waals surface area contributed by atoms with E-state index in [0.717, 1.165) is 11.1 Å². The smallest absolute Gasteiger partial charge is 0.407 e. The summed E-state index contributed by atoms with van der Waals surface area (Å²) in [6.07, 6.45) is -0.132. The van der Waals surface area contributed by atoms with Gasteiger partial charge in [0.1, 0.15) is 23.5 Å². The Kier molecular flexibility index (Phi) is 19.3. The fraction of sp³-hybridized carbons (Fsp3) is 0.540. The number of ether oxygens (including phenoxy) is 2. The van der Waals surface area contributed by atoms with E-state index in [0.29, 0.717) is 44.7 Å². The zero-order valence-electron chi connectivity index (χ0n) is 40.0. The van der Waals surface area contributed by atoms with Gasteiger partial charge in [0.25, 0.3) is 5.91 Å². The van der Waals surface area contributed by atoms with E-state index in [-0.39, 0.29) is 30.2 Å². The first kappa shape index (κ1) is 52.5. The van der Waals surface area contributed by atoms with E-state index >= 15 is 4.79 Å². The molecule has 6 atom stereocenters. The van der Waals surface area contributed by atoms with Crippen molar-refractivity contribution < 1.29 is 42.3 Å². The van der Waals surface area contributed by atoms with E-state index in [1.807, 2.05) is 74.5 Å². The highest BCUT2D eigenvalue weighted by molar-refractivity contribution is 6.74. The van der Waals surface area contributed by atoms with Crippen molar-refractivity contribution >= 4 is 38.2 Å². The lowest BCUT2D eigenvalue weighted by molar-refractivity contribution is -0.134. The predicted molar refractivity (Wildman–Crippen MR) is 253 cm³/mol. The number of imide groups is 1. The summed E-state index contributed by atoms with van der Waals surface area (Å²) in [6.45, 7) is 21.0. The highest BCUT2D eigenvalue weighted by atomic mass is 28.4. The van der Waals surface area contributed by atoms with Crippen LogP contribution in [0, 0.1) is 17.7 Å². The normalized spacial score (nSPS) is 16.2. The molecule has 0 aliphatic carbocycles. The average Bonchev–Trinajstić information content (AvgIpc) is 3.24. The fourth-order valence-corrected chi connectivity index (χ4v) is 8.62. The van der Waals surface area contributed by atoms with Crippen LogP contribution in [0.4, 0.5) is 14.0 Å². The minimum absolute atomic E-state index is 0.0864. The van der Waals surface area contributed by atoms with Crippen LogP contribution in [0.5, 0.6) is 0 Å². The van der Waals surface area contributed by atoms with Gasteiger partial charge in [-0.2, -0.15) is 0 Å². The molecule has 15 heteroatoms. The van der Waals surface area contributed by atoms with Crippen molar-refractivity contribution in [2.75, 3.05) is 26.3 Å². The quantitative estimate of drug-likeness (QED) is 0.0889. The number of alkyl carbamates (subject to hydrolysis) is 1. The van der Waals surface area contributed by atoms with E-state index in [4.69, 9.17) is 13.9 Å². The van der Waals surface area contributed by atoms with Crippen LogP contribution in [-0.4, -0.2) is 99.2 Å². The largest absolute Gasteiger partial charge is 0.444 e. The third kappa shape index (κ3) is 17.0. The van der Waals surface area contributed by atoms with E-state index in [2.05, 4.69) is 55.1 Å².